The molecule has 0 aliphatic rings. The summed E-state index contributed by atoms with van der Waals surface area (Å²) in [7, 11) is 0. The maximum atomic E-state index is 13.2. The van der Waals surface area contributed by atoms with E-state index in [9.17, 15) is 9.50 Å². The Balaban J connectivity index is 3.37. The lowest BCUT2D eigenvalue weighted by molar-refractivity contribution is 0.461. The van der Waals surface area contributed by atoms with Gasteiger partial charge < -0.3 is 5.11 Å². The first-order valence-electron chi connectivity index (χ1n) is 4.32. The third-order valence-electron chi connectivity index (χ3n) is 2.14. The predicted octanol–water partition coefficient (Wildman–Crippen LogP) is 3.14. The molecule has 13 heavy (non-hydrogen) atoms. The number of rotatable bonds is 0. The summed E-state index contributed by atoms with van der Waals surface area (Å²) in [6, 6.07) is 2.77. The predicted molar refractivity (Wildman–Crippen MR) is 51.5 cm³/mol. The molecule has 1 aromatic carbocycles. The molecule has 72 valence electrons. The molecule has 0 atom stereocenters. The first kappa shape index (κ1) is 10.0. The molecule has 1 nitrogen and oxygen atoms in total. The molecule has 0 spiro atoms. The van der Waals surface area contributed by atoms with Crippen LogP contribution in [0, 0.1) is 12.7 Å². The SMILES string of the molecule is Cc1c(F)cc(O)cc1C(C)(C)C. The number of benzene rings is 1. The van der Waals surface area contributed by atoms with Crippen molar-refractivity contribution < 1.29 is 9.50 Å². The van der Waals surface area contributed by atoms with Crippen LogP contribution in [0.3, 0.4) is 0 Å². The molecule has 0 bridgehead atoms. The van der Waals surface area contributed by atoms with E-state index in [1.807, 2.05) is 20.8 Å². The van der Waals surface area contributed by atoms with Crippen molar-refractivity contribution in [1.29, 1.82) is 0 Å². The molecule has 0 unspecified atom stereocenters. The molecule has 0 aliphatic carbocycles. The van der Waals surface area contributed by atoms with Gasteiger partial charge in [-0.05, 0) is 29.5 Å². The van der Waals surface area contributed by atoms with E-state index in [1.165, 1.54) is 0 Å². The average Bonchev–Trinajstić information content (AvgIpc) is 1.94. The molecule has 0 heterocycles. The van der Waals surface area contributed by atoms with Crippen molar-refractivity contribution in [2.75, 3.05) is 0 Å². The molecule has 0 aliphatic heterocycles. The molecule has 0 fully saturated rings. The maximum absolute atomic E-state index is 13.2. The number of phenolic OH excluding ortho intramolecular Hbond substituents is 1. The summed E-state index contributed by atoms with van der Waals surface area (Å²) in [5.41, 5.74) is 1.33. The normalized spacial score (nSPS) is 11.8. The van der Waals surface area contributed by atoms with Crippen molar-refractivity contribution in [3.05, 3.63) is 29.1 Å². The maximum Gasteiger partial charge on any atom is 0.130 e. The highest BCUT2D eigenvalue weighted by Gasteiger charge is 2.19. The standard InChI is InChI=1S/C11H15FO/c1-7-9(11(2,3)4)5-8(13)6-10(7)12/h5-6,13H,1-4H3. The fourth-order valence-corrected chi connectivity index (χ4v) is 1.44. The van der Waals surface area contributed by atoms with Crippen LogP contribution in [0.25, 0.3) is 0 Å². The zero-order valence-corrected chi connectivity index (χ0v) is 8.48. The van der Waals surface area contributed by atoms with Crippen molar-refractivity contribution in [2.24, 2.45) is 0 Å². The van der Waals surface area contributed by atoms with Gasteiger partial charge in [0.25, 0.3) is 0 Å². The molecule has 0 radical (unpaired) electrons. The van der Waals surface area contributed by atoms with Crippen molar-refractivity contribution in [3.8, 4) is 5.75 Å². The van der Waals surface area contributed by atoms with Gasteiger partial charge in [-0.2, -0.15) is 0 Å². The molecule has 0 aromatic heterocycles. The van der Waals surface area contributed by atoms with E-state index < -0.39 is 0 Å². The van der Waals surface area contributed by atoms with Crippen molar-refractivity contribution >= 4 is 0 Å². The van der Waals surface area contributed by atoms with Crippen LogP contribution in [-0.4, -0.2) is 5.11 Å². The van der Waals surface area contributed by atoms with Crippen molar-refractivity contribution in [2.45, 2.75) is 33.1 Å². The Morgan fingerprint density at radius 2 is 1.77 bits per heavy atom. The zero-order chi connectivity index (χ0) is 10.2. The largest absolute Gasteiger partial charge is 0.508 e. The Hall–Kier alpha value is -1.05. The van der Waals surface area contributed by atoms with Gasteiger partial charge in [0.1, 0.15) is 11.6 Å². The second kappa shape index (κ2) is 3.02. The van der Waals surface area contributed by atoms with Crippen LogP contribution in [0.2, 0.25) is 0 Å². The summed E-state index contributed by atoms with van der Waals surface area (Å²) < 4.78 is 13.2. The topological polar surface area (TPSA) is 20.2 Å². The average molecular weight is 182 g/mol. The monoisotopic (exact) mass is 182 g/mol. The first-order chi connectivity index (χ1) is 5.82. The lowest BCUT2D eigenvalue weighted by Crippen LogP contribution is -2.13. The molecule has 2 heteroatoms. The quantitative estimate of drug-likeness (QED) is 0.653. The second-order valence-electron chi connectivity index (χ2n) is 4.35. The number of halogens is 1. The number of hydrogen-bond donors (Lipinski definition) is 1. The van der Waals surface area contributed by atoms with Gasteiger partial charge in [0.2, 0.25) is 0 Å². The second-order valence-corrected chi connectivity index (χ2v) is 4.35. The van der Waals surface area contributed by atoms with Crippen LogP contribution >= 0.6 is 0 Å². The zero-order valence-electron chi connectivity index (χ0n) is 8.48. The fraction of sp³-hybridized carbons (Fsp3) is 0.455. The van der Waals surface area contributed by atoms with Gasteiger partial charge >= 0.3 is 0 Å². The molecular weight excluding hydrogens is 167 g/mol. The molecule has 0 saturated carbocycles. The minimum Gasteiger partial charge on any atom is -0.508 e. The third-order valence-corrected chi connectivity index (χ3v) is 2.14. The Morgan fingerprint density at radius 3 is 2.23 bits per heavy atom. The summed E-state index contributed by atoms with van der Waals surface area (Å²) in [6.45, 7) is 7.71. The van der Waals surface area contributed by atoms with E-state index in [2.05, 4.69) is 0 Å². The number of aromatic hydroxyl groups is 1. The number of phenols is 1. The van der Waals surface area contributed by atoms with Gasteiger partial charge in [-0.25, -0.2) is 4.39 Å². The summed E-state index contributed by atoms with van der Waals surface area (Å²) in [4.78, 5) is 0. The molecule has 0 saturated heterocycles. The van der Waals surface area contributed by atoms with Gasteiger partial charge in [-0.1, -0.05) is 20.8 Å². The van der Waals surface area contributed by atoms with Gasteiger partial charge in [-0.3, -0.25) is 0 Å². The molecule has 1 N–H and O–H groups in total. The molecule has 1 rings (SSSR count). The Morgan fingerprint density at radius 1 is 1.23 bits per heavy atom. The molecule has 1 aromatic rings. The molecular formula is C11H15FO. The Bertz CT molecular complexity index is 324. The van der Waals surface area contributed by atoms with E-state index >= 15 is 0 Å². The van der Waals surface area contributed by atoms with E-state index in [-0.39, 0.29) is 17.0 Å². The Kier molecular flexibility index (Phi) is 2.33. The van der Waals surface area contributed by atoms with Gasteiger partial charge in [-0.15, -0.1) is 0 Å². The van der Waals surface area contributed by atoms with E-state index in [1.54, 1.807) is 13.0 Å². The summed E-state index contributed by atoms with van der Waals surface area (Å²) >= 11 is 0. The third kappa shape index (κ3) is 2.00. The van der Waals surface area contributed by atoms with Crippen molar-refractivity contribution in [3.63, 3.8) is 0 Å². The van der Waals surface area contributed by atoms with Crippen LogP contribution < -0.4 is 0 Å². The summed E-state index contributed by atoms with van der Waals surface area (Å²) in [5.74, 6) is -0.349. The minimum absolute atomic E-state index is 0.00646. The van der Waals surface area contributed by atoms with E-state index in [0.29, 0.717) is 5.56 Å². The highest BCUT2D eigenvalue weighted by Crippen LogP contribution is 2.30. The lowest BCUT2D eigenvalue weighted by atomic mass is 9.84. The summed E-state index contributed by atoms with van der Waals surface area (Å²) in [5, 5.41) is 9.24. The highest BCUT2D eigenvalue weighted by molar-refractivity contribution is 5.39. The molecule has 0 amide bonds. The van der Waals surface area contributed by atoms with Crippen LogP contribution in [0.5, 0.6) is 5.75 Å². The smallest absolute Gasteiger partial charge is 0.130 e. The van der Waals surface area contributed by atoms with Crippen LogP contribution in [-0.2, 0) is 5.41 Å². The van der Waals surface area contributed by atoms with E-state index in [0.717, 1.165) is 11.6 Å². The van der Waals surface area contributed by atoms with E-state index in [4.69, 9.17) is 0 Å². The summed E-state index contributed by atoms with van der Waals surface area (Å²) in [6.07, 6.45) is 0. The van der Waals surface area contributed by atoms with Crippen molar-refractivity contribution in [1.82, 2.24) is 0 Å². The van der Waals surface area contributed by atoms with Gasteiger partial charge in [0.05, 0.1) is 0 Å². The highest BCUT2D eigenvalue weighted by atomic mass is 19.1. The van der Waals surface area contributed by atoms with Gasteiger partial charge in [0.15, 0.2) is 0 Å². The minimum atomic E-state index is -0.343. The van der Waals surface area contributed by atoms with Crippen LogP contribution in [0.4, 0.5) is 4.39 Å². The van der Waals surface area contributed by atoms with Gasteiger partial charge in [0, 0.05) is 6.07 Å². The lowest BCUT2D eigenvalue weighted by Gasteiger charge is -2.22. The first-order valence-corrected chi connectivity index (χ1v) is 4.32. The Labute approximate surface area is 78.2 Å². The number of hydrogen-bond acceptors (Lipinski definition) is 1. The fourth-order valence-electron chi connectivity index (χ4n) is 1.44. The van der Waals surface area contributed by atoms with Crippen LogP contribution in [0.15, 0.2) is 12.1 Å². The van der Waals surface area contributed by atoms with Crippen LogP contribution in [0.1, 0.15) is 31.9 Å².